The van der Waals surface area contributed by atoms with Gasteiger partial charge in [-0.15, -0.1) is 0 Å². The molecule has 0 spiro atoms. The van der Waals surface area contributed by atoms with Crippen LogP contribution in [-0.4, -0.2) is 34.5 Å². The van der Waals surface area contributed by atoms with Gasteiger partial charge in [-0.2, -0.15) is 0 Å². The predicted molar refractivity (Wildman–Crippen MR) is 84.6 cm³/mol. The van der Waals surface area contributed by atoms with Crippen molar-refractivity contribution in [3.05, 3.63) is 33.4 Å². The van der Waals surface area contributed by atoms with E-state index in [1.165, 1.54) is 4.90 Å². The van der Waals surface area contributed by atoms with Gasteiger partial charge in [-0.1, -0.05) is 19.4 Å². The fourth-order valence-electron chi connectivity index (χ4n) is 2.67. The highest BCUT2D eigenvalue weighted by Crippen LogP contribution is 2.27. The lowest BCUT2D eigenvalue weighted by molar-refractivity contribution is -0.144. The summed E-state index contributed by atoms with van der Waals surface area (Å²) in [7, 11) is 0. The van der Waals surface area contributed by atoms with E-state index >= 15 is 0 Å². The maximum atomic E-state index is 12.5. The molecule has 0 saturated carbocycles. The molecule has 1 saturated heterocycles. The molecule has 1 aliphatic heterocycles. The summed E-state index contributed by atoms with van der Waals surface area (Å²) < 4.78 is 0.976. The molecule has 5 heteroatoms. The third-order valence-electron chi connectivity index (χ3n) is 3.91. The van der Waals surface area contributed by atoms with Crippen molar-refractivity contribution in [3.8, 4) is 0 Å². The highest BCUT2D eigenvalue weighted by molar-refractivity contribution is 14.1. The van der Waals surface area contributed by atoms with E-state index < -0.39 is 12.0 Å². The smallest absolute Gasteiger partial charge is 0.326 e. The first-order chi connectivity index (χ1) is 9.52. The second-order valence-electron chi connectivity index (χ2n) is 5.16. The molecular weight excluding hydrogens is 369 g/mol. The van der Waals surface area contributed by atoms with Gasteiger partial charge < -0.3 is 10.0 Å². The average molecular weight is 387 g/mol. The maximum absolute atomic E-state index is 12.5. The topological polar surface area (TPSA) is 57.6 Å². The summed E-state index contributed by atoms with van der Waals surface area (Å²) in [6, 6.07) is 6.58. The minimum Gasteiger partial charge on any atom is -0.480 e. The monoisotopic (exact) mass is 387 g/mol. The largest absolute Gasteiger partial charge is 0.480 e. The van der Waals surface area contributed by atoms with Crippen LogP contribution in [-0.2, 0) is 4.79 Å². The molecule has 1 N–H and O–H groups in total. The lowest BCUT2D eigenvalue weighted by Gasteiger charge is -2.37. The summed E-state index contributed by atoms with van der Waals surface area (Å²) in [6.07, 6.45) is 2.41. The van der Waals surface area contributed by atoms with Crippen LogP contribution in [0.2, 0.25) is 0 Å². The van der Waals surface area contributed by atoms with Gasteiger partial charge in [-0.25, -0.2) is 4.79 Å². The lowest BCUT2D eigenvalue weighted by atomic mass is 9.88. The Hall–Kier alpha value is -1.11. The predicted octanol–water partition coefficient (Wildman–Crippen LogP) is 3.01. The summed E-state index contributed by atoms with van der Waals surface area (Å²) >= 11 is 2.15. The van der Waals surface area contributed by atoms with Crippen LogP contribution < -0.4 is 0 Å². The number of amides is 1. The lowest BCUT2D eigenvalue weighted by Crippen LogP contribution is -2.50. The maximum Gasteiger partial charge on any atom is 0.326 e. The Labute approximate surface area is 132 Å². The number of halogens is 1. The quantitative estimate of drug-likeness (QED) is 0.812. The second kappa shape index (κ2) is 6.56. The third kappa shape index (κ3) is 3.31. The molecule has 20 heavy (non-hydrogen) atoms. The molecule has 1 aromatic carbocycles. The van der Waals surface area contributed by atoms with Gasteiger partial charge in [-0.05, 0) is 59.5 Å². The average Bonchev–Trinajstić information content (AvgIpc) is 2.45. The second-order valence-corrected chi connectivity index (χ2v) is 6.41. The number of hydrogen-bond acceptors (Lipinski definition) is 2. The van der Waals surface area contributed by atoms with Gasteiger partial charge in [0.25, 0.3) is 5.91 Å². The van der Waals surface area contributed by atoms with Crippen LogP contribution in [0.15, 0.2) is 24.3 Å². The zero-order chi connectivity index (χ0) is 14.7. The summed E-state index contributed by atoms with van der Waals surface area (Å²) in [5, 5.41) is 9.38. The minimum atomic E-state index is -0.901. The van der Waals surface area contributed by atoms with Gasteiger partial charge in [0.15, 0.2) is 0 Å². The summed E-state index contributed by atoms with van der Waals surface area (Å²) in [5.41, 5.74) is 0.568. The molecule has 108 valence electrons. The van der Waals surface area contributed by atoms with E-state index in [0.29, 0.717) is 24.4 Å². The Morgan fingerprint density at radius 1 is 1.45 bits per heavy atom. The number of rotatable bonds is 3. The van der Waals surface area contributed by atoms with E-state index in [0.717, 1.165) is 16.4 Å². The highest BCUT2D eigenvalue weighted by Gasteiger charge is 2.35. The van der Waals surface area contributed by atoms with Gasteiger partial charge in [0.1, 0.15) is 6.04 Å². The molecule has 2 rings (SSSR count). The Bertz CT molecular complexity index is 518. The molecule has 1 heterocycles. The van der Waals surface area contributed by atoms with Gasteiger partial charge in [0, 0.05) is 15.7 Å². The van der Waals surface area contributed by atoms with Crippen molar-refractivity contribution in [1.29, 1.82) is 0 Å². The van der Waals surface area contributed by atoms with Crippen LogP contribution >= 0.6 is 22.6 Å². The zero-order valence-electron chi connectivity index (χ0n) is 11.4. The van der Waals surface area contributed by atoms with Gasteiger partial charge in [-0.3, -0.25) is 4.79 Å². The first kappa shape index (κ1) is 15.3. The Balaban J connectivity index is 2.21. The van der Waals surface area contributed by atoms with Crippen molar-refractivity contribution in [2.24, 2.45) is 5.92 Å². The first-order valence-corrected chi connectivity index (χ1v) is 7.90. The normalized spacial score (nSPS) is 22.6. The molecule has 4 nitrogen and oxygen atoms in total. The Kier molecular flexibility index (Phi) is 5.01. The number of benzene rings is 1. The Morgan fingerprint density at radius 3 is 2.80 bits per heavy atom. The van der Waals surface area contributed by atoms with Crippen molar-refractivity contribution >= 4 is 34.5 Å². The third-order valence-corrected chi connectivity index (χ3v) is 4.58. The van der Waals surface area contributed by atoms with Crippen LogP contribution in [0, 0.1) is 9.49 Å². The van der Waals surface area contributed by atoms with Crippen LogP contribution in [0.4, 0.5) is 0 Å². The molecule has 0 bridgehead atoms. The van der Waals surface area contributed by atoms with E-state index in [9.17, 15) is 14.7 Å². The van der Waals surface area contributed by atoms with Crippen molar-refractivity contribution < 1.29 is 14.7 Å². The van der Waals surface area contributed by atoms with E-state index in [1.807, 2.05) is 12.1 Å². The first-order valence-electron chi connectivity index (χ1n) is 6.82. The van der Waals surface area contributed by atoms with Crippen molar-refractivity contribution in [2.75, 3.05) is 6.54 Å². The van der Waals surface area contributed by atoms with Gasteiger partial charge in [0.05, 0.1) is 0 Å². The highest BCUT2D eigenvalue weighted by atomic mass is 127. The molecule has 2 atom stereocenters. The van der Waals surface area contributed by atoms with Crippen molar-refractivity contribution in [1.82, 2.24) is 4.90 Å². The minimum absolute atomic E-state index is 0.175. The van der Waals surface area contributed by atoms with E-state index in [2.05, 4.69) is 29.5 Å². The number of carbonyl (C=O) groups is 2. The number of piperidine rings is 1. The van der Waals surface area contributed by atoms with Crippen LogP contribution in [0.25, 0.3) is 0 Å². The number of carboxylic acid groups (broad SMARTS) is 1. The number of aliphatic carboxylic acids is 1. The van der Waals surface area contributed by atoms with E-state index in [1.54, 1.807) is 12.1 Å². The molecule has 1 aromatic rings. The number of carboxylic acids is 1. The number of nitrogens with zero attached hydrogens (tertiary/aromatic N) is 1. The van der Waals surface area contributed by atoms with Gasteiger partial charge >= 0.3 is 5.97 Å². The van der Waals surface area contributed by atoms with Crippen LogP contribution in [0.1, 0.15) is 36.5 Å². The molecular formula is C15H18INO3. The summed E-state index contributed by atoms with van der Waals surface area (Å²) in [4.78, 5) is 25.5. The molecule has 2 unspecified atom stereocenters. The Morgan fingerprint density at radius 2 is 2.20 bits per heavy atom. The molecule has 1 aliphatic rings. The molecule has 1 fully saturated rings. The molecule has 0 aromatic heterocycles. The fourth-order valence-corrected chi connectivity index (χ4v) is 3.22. The summed E-state index contributed by atoms with van der Waals surface area (Å²) in [6.45, 7) is 2.60. The standard InChI is InChI=1S/C15H18INO3/c1-2-10-6-7-17(13(8-10)15(19)20)14(18)11-4-3-5-12(16)9-11/h3-5,9-10,13H,2,6-8H2,1H3,(H,19,20). The number of carbonyl (C=O) groups excluding carboxylic acids is 1. The van der Waals surface area contributed by atoms with E-state index in [4.69, 9.17) is 0 Å². The molecule has 0 aliphatic carbocycles. The fraction of sp³-hybridized carbons (Fsp3) is 0.467. The molecule has 1 amide bonds. The van der Waals surface area contributed by atoms with Crippen molar-refractivity contribution in [2.45, 2.75) is 32.2 Å². The SMILES string of the molecule is CCC1CCN(C(=O)c2cccc(I)c2)C(C(=O)O)C1. The van der Waals surface area contributed by atoms with Gasteiger partial charge in [0.2, 0.25) is 0 Å². The van der Waals surface area contributed by atoms with Crippen molar-refractivity contribution in [3.63, 3.8) is 0 Å². The number of hydrogen-bond donors (Lipinski definition) is 1. The molecule has 0 radical (unpaired) electrons. The zero-order valence-corrected chi connectivity index (χ0v) is 13.5. The summed E-state index contributed by atoms with van der Waals surface area (Å²) in [5.74, 6) is -0.677. The number of likely N-dealkylation sites (tertiary alicyclic amines) is 1. The van der Waals surface area contributed by atoms with Crippen LogP contribution in [0.5, 0.6) is 0 Å². The van der Waals surface area contributed by atoms with Crippen LogP contribution in [0.3, 0.4) is 0 Å². The van der Waals surface area contributed by atoms with E-state index in [-0.39, 0.29) is 5.91 Å².